The highest BCUT2D eigenvalue weighted by atomic mass is 16.5. The van der Waals surface area contributed by atoms with Crippen LogP contribution in [-0.4, -0.2) is 31.9 Å². The van der Waals surface area contributed by atoms with Gasteiger partial charge >= 0.3 is 11.9 Å². The Balaban J connectivity index is 4.08. The molecule has 0 aliphatic heterocycles. The maximum absolute atomic E-state index is 12.3. The van der Waals surface area contributed by atoms with Gasteiger partial charge in [-0.2, -0.15) is 0 Å². The highest BCUT2D eigenvalue weighted by molar-refractivity contribution is 6.21. The molecule has 26 heavy (non-hydrogen) atoms. The summed E-state index contributed by atoms with van der Waals surface area (Å²) in [6.07, 6.45) is 13.3. The lowest BCUT2D eigenvalue weighted by molar-refractivity contribution is -0.140. The molecule has 0 unspecified atom stereocenters. The Morgan fingerprint density at radius 3 is 1.50 bits per heavy atom. The number of hydrogen-bond acceptors (Lipinski definition) is 5. The summed E-state index contributed by atoms with van der Waals surface area (Å²) in [5.41, 5.74) is -0.182. The van der Waals surface area contributed by atoms with Crippen LogP contribution in [0.15, 0.2) is 11.1 Å². The monoisotopic (exact) mass is 368 g/mol. The van der Waals surface area contributed by atoms with Crippen LogP contribution in [0.25, 0.3) is 0 Å². The van der Waals surface area contributed by atoms with Crippen LogP contribution in [0.3, 0.4) is 0 Å². The second-order valence-electron chi connectivity index (χ2n) is 6.69. The molecule has 0 aromatic rings. The Morgan fingerprint density at radius 1 is 0.654 bits per heavy atom. The van der Waals surface area contributed by atoms with Gasteiger partial charge in [-0.1, -0.05) is 71.1 Å². The van der Waals surface area contributed by atoms with Gasteiger partial charge < -0.3 is 9.47 Å². The van der Waals surface area contributed by atoms with E-state index in [1.54, 1.807) is 0 Å². The molecule has 0 bridgehead atoms. The molecule has 150 valence electrons. The quantitative estimate of drug-likeness (QED) is 0.135. The Morgan fingerprint density at radius 2 is 1.08 bits per heavy atom. The molecule has 0 heterocycles. The number of carbonyl (C=O) groups excluding carboxylic acids is 3. The molecule has 0 rings (SSSR count). The van der Waals surface area contributed by atoms with Crippen LogP contribution in [0.4, 0.5) is 0 Å². The Kier molecular flexibility index (Phi) is 14.6. The zero-order chi connectivity index (χ0) is 19.8. The van der Waals surface area contributed by atoms with Gasteiger partial charge in [0.1, 0.15) is 5.57 Å². The van der Waals surface area contributed by atoms with E-state index in [1.807, 2.05) is 0 Å². The highest BCUT2D eigenvalue weighted by Gasteiger charge is 2.25. The maximum atomic E-state index is 12.3. The van der Waals surface area contributed by atoms with Crippen molar-refractivity contribution >= 4 is 17.7 Å². The SMILES string of the molecule is CCCCCCCCCCCCCC(=O)/C(C(=O)OC)=C(\C)C(=O)OC. The Bertz CT molecular complexity index is 465. The Labute approximate surface area is 158 Å². The number of hydrogen-bond donors (Lipinski definition) is 0. The van der Waals surface area contributed by atoms with Crippen molar-refractivity contribution in [2.45, 2.75) is 90.9 Å². The molecule has 0 spiro atoms. The van der Waals surface area contributed by atoms with E-state index in [2.05, 4.69) is 16.4 Å². The van der Waals surface area contributed by atoms with Crippen LogP contribution in [0.1, 0.15) is 90.9 Å². The highest BCUT2D eigenvalue weighted by Crippen LogP contribution is 2.16. The number of methoxy groups -OCH3 is 2. The summed E-state index contributed by atoms with van der Waals surface area (Å²) >= 11 is 0. The molecule has 5 nitrogen and oxygen atoms in total. The van der Waals surface area contributed by atoms with E-state index in [9.17, 15) is 14.4 Å². The van der Waals surface area contributed by atoms with Crippen molar-refractivity contribution in [1.29, 1.82) is 0 Å². The first kappa shape index (κ1) is 24.4. The molecule has 0 amide bonds. The van der Waals surface area contributed by atoms with Crippen LogP contribution >= 0.6 is 0 Å². The van der Waals surface area contributed by atoms with E-state index in [-0.39, 0.29) is 23.4 Å². The lowest BCUT2D eigenvalue weighted by Crippen LogP contribution is -2.20. The molecule has 0 aliphatic rings. The van der Waals surface area contributed by atoms with E-state index < -0.39 is 11.9 Å². The number of rotatable bonds is 15. The molecule has 0 saturated heterocycles. The minimum atomic E-state index is -0.777. The van der Waals surface area contributed by atoms with Gasteiger partial charge in [-0.3, -0.25) is 4.79 Å². The van der Waals surface area contributed by atoms with Crippen LogP contribution in [0, 0.1) is 0 Å². The molecular weight excluding hydrogens is 332 g/mol. The van der Waals surface area contributed by atoms with Crippen LogP contribution in [-0.2, 0) is 23.9 Å². The molecule has 0 atom stereocenters. The first-order valence-corrected chi connectivity index (χ1v) is 9.90. The van der Waals surface area contributed by atoms with Gasteiger partial charge in [0.2, 0.25) is 0 Å². The van der Waals surface area contributed by atoms with Gasteiger partial charge in [-0.25, -0.2) is 9.59 Å². The topological polar surface area (TPSA) is 69.7 Å². The number of carbonyl (C=O) groups is 3. The number of esters is 2. The minimum absolute atomic E-state index is 0.00687. The van der Waals surface area contributed by atoms with Crippen molar-refractivity contribution in [2.75, 3.05) is 14.2 Å². The molecule has 0 aromatic heterocycles. The number of unbranched alkanes of at least 4 members (excludes halogenated alkanes) is 10. The molecule has 0 aliphatic carbocycles. The van der Waals surface area contributed by atoms with Crippen molar-refractivity contribution in [3.05, 3.63) is 11.1 Å². The van der Waals surface area contributed by atoms with Crippen molar-refractivity contribution in [3.63, 3.8) is 0 Å². The summed E-state index contributed by atoms with van der Waals surface area (Å²) in [5, 5.41) is 0. The average Bonchev–Trinajstić information content (AvgIpc) is 2.65. The zero-order valence-corrected chi connectivity index (χ0v) is 17.0. The minimum Gasteiger partial charge on any atom is -0.466 e. The van der Waals surface area contributed by atoms with Crippen molar-refractivity contribution in [1.82, 2.24) is 0 Å². The van der Waals surface area contributed by atoms with Gasteiger partial charge in [0, 0.05) is 6.42 Å². The van der Waals surface area contributed by atoms with Crippen LogP contribution in [0.2, 0.25) is 0 Å². The smallest absolute Gasteiger partial charge is 0.342 e. The predicted octanol–water partition coefficient (Wildman–Crippen LogP) is 4.92. The normalized spacial score (nSPS) is 11.7. The van der Waals surface area contributed by atoms with Gasteiger partial charge in [0.25, 0.3) is 0 Å². The van der Waals surface area contributed by atoms with Gasteiger partial charge in [0.05, 0.1) is 19.8 Å². The number of ketones is 1. The molecule has 0 N–H and O–H groups in total. The standard InChI is InChI=1S/C21H36O5/c1-5-6-7-8-9-10-11-12-13-14-15-16-18(22)19(21(24)26-4)17(2)20(23)25-3/h5-16H2,1-4H3/b19-17-. The molecule has 0 fully saturated rings. The predicted molar refractivity (Wildman–Crippen MR) is 103 cm³/mol. The molecular formula is C21H36O5. The third kappa shape index (κ3) is 10.4. The van der Waals surface area contributed by atoms with Gasteiger partial charge in [0.15, 0.2) is 5.78 Å². The molecule has 0 saturated carbocycles. The van der Waals surface area contributed by atoms with Crippen molar-refractivity contribution < 1.29 is 23.9 Å². The first-order chi connectivity index (χ1) is 12.5. The van der Waals surface area contributed by atoms with Gasteiger partial charge in [-0.05, 0) is 13.3 Å². The lowest BCUT2D eigenvalue weighted by atomic mass is 9.99. The lowest BCUT2D eigenvalue weighted by Gasteiger charge is -2.08. The fourth-order valence-electron chi connectivity index (χ4n) is 2.91. The van der Waals surface area contributed by atoms with Crippen LogP contribution in [0.5, 0.6) is 0 Å². The number of Topliss-reactive ketones (excluding diaryl/α,β-unsaturated/α-hetero) is 1. The zero-order valence-electron chi connectivity index (χ0n) is 17.0. The molecule has 0 aromatic carbocycles. The second-order valence-corrected chi connectivity index (χ2v) is 6.69. The largest absolute Gasteiger partial charge is 0.466 e. The second kappa shape index (κ2) is 15.6. The van der Waals surface area contributed by atoms with Crippen molar-refractivity contribution in [2.24, 2.45) is 0 Å². The van der Waals surface area contributed by atoms with Gasteiger partial charge in [-0.15, -0.1) is 0 Å². The summed E-state index contributed by atoms with van der Waals surface area (Å²) in [7, 11) is 2.41. The fraction of sp³-hybridized carbons (Fsp3) is 0.762. The summed E-state index contributed by atoms with van der Waals surface area (Å²) in [5.74, 6) is -1.81. The third-order valence-corrected chi connectivity index (χ3v) is 4.54. The van der Waals surface area contributed by atoms with Crippen molar-refractivity contribution in [3.8, 4) is 0 Å². The average molecular weight is 369 g/mol. The summed E-state index contributed by atoms with van der Waals surface area (Å²) in [6.45, 7) is 3.64. The summed E-state index contributed by atoms with van der Waals surface area (Å²) < 4.78 is 9.22. The first-order valence-electron chi connectivity index (χ1n) is 9.90. The maximum Gasteiger partial charge on any atom is 0.342 e. The van der Waals surface area contributed by atoms with Crippen LogP contribution < -0.4 is 0 Å². The van der Waals surface area contributed by atoms with E-state index >= 15 is 0 Å². The van der Waals surface area contributed by atoms with E-state index in [4.69, 9.17) is 0 Å². The van der Waals surface area contributed by atoms with E-state index in [0.717, 1.165) is 12.8 Å². The third-order valence-electron chi connectivity index (χ3n) is 4.54. The van der Waals surface area contributed by atoms with E-state index in [0.29, 0.717) is 6.42 Å². The van der Waals surface area contributed by atoms with E-state index in [1.165, 1.54) is 72.5 Å². The molecule has 0 radical (unpaired) electrons. The molecule has 5 heteroatoms. The fourth-order valence-corrected chi connectivity index (χ4v) is 2.91. The summed E-state index contributed by atoms with van der Waals surface area (Å²) in [6, 6.07) is 0. The number of ether oxygens (including phenoxy) is 2. The summed E-state index contributed by atoms with van der Waals surface area (Å²) in [4.78, 5) is 35.7. The Hall–Kier alpha value is -1.65.